The molecule has 2 rings (SSSR count). The Hall–Kier alpha value is -1.93. The van der Waals surface area contributed by atoms with Gasteiger partial charge in [-0.2, -0.15) is 8.42 Å². The minimum absolute atomic E-state index is 0.121. The maximum atomic E-state index is 12.3. The maximum absolute atomic E-state index is 12.3. The van der Waals surface area contributed by atoms with Crippen LogP contribution in [-0.2, 0) is 19.6 Å². The highest BCUT2D eigenvalue weighted by molar-refractivity contribution is 7.85. The van der Waals surface area contributed by atoms with Crippen LogP contribution in [0.2, 0.25) is 0 Å². The first-order valence-corrected chi connectivity index (χ1v) is 7.72. The third-order valence-corrected chi connectivity index (χ3v) is 4.23. The molecule has 8 heteroatoms. The van der Waals surface area contributed by atoms with Crippen LogP contribution in [0.15, 0.2) is 23.1 Å². The van der Waals surface area contributed by atoms with Gasteiger partial charge in [0.1, 0.15) is 6.61 Å². The number of nitrogens with zero attached hydrogens (tertiary/aromatic N) is 1. The van der Waals surface area contributed by atoms with Crippen molar-refractivity contribution < 1.29 is 27.3 Å². The van der Waals surface area contributed by atoms with Crippen molar-refractivity contribution in [1.82, 2.24) is 4.90 Å². The monoisotopic (exact) mass is 313 g/mol. The minimum Gasteiger partial charge on any atom is -0.447 e. The third-order valence-electron chi connectivity index (χ3n) is 3.31. The molecule has 1 aliphatic heterocycles. The molecule has 1 atom stereocenters. The van der Waals surface area contributed by atoms with Crippen molar-refractivity contribution in [2.24, 2.45) is 0 Å². The zero-order chi connectivity index (χ0) is 15.8. The molecule has 1 fully saturated rings. The van der Waals surface area contributed by atoms with Crippen LogP contribution in [0, 0.1) is 6.92 Å². The number of hydrogen-bond acceptors (Lipinski definition) is 5. The van der Waals surface area contributed by atoms with Gasteiger partial charge in [-0.15, -0.1) is 0 Å². The van der Waals surface area contributed by atoms with Crippen molar-refractivity contribution in [3.63, 3.8) is 0 Å². The number of ether oxygens (including phenoxy) is 1. The molecule has 0 aliphatic carbocycles. The lowest BCUT2D eigenvalue weighted by atomic mass is 9.98. The molecule has 114 valence electrons. The standard InChI is InChI=1S/C13H15NO6S/c1-8-3-4-11(21(17,18)19)10(7-8)9(2)12(15)14-5-6-20-13(14)16/h3-4,7,9H,5-6H2,1-2H3,(H,17,18,19). The normalized spacial score (nSPS) is 16.7. The van der Waals surface area contributed by atoms with E-state index in [9.17, 15) is 22.6 Å². The summed E-state index contributed by atoms with van der Waals surface area (Å²) in [5, 5.41) is 0. The van der Waals surface area contributed by atoms with E-state index in [2.05, 4.69) is 0 Å². The quantitative estimate of drug-likeness (QED) is 0.845. The first-order valence-electron chi connectivity index (χ1n) is 6.28. The lowest BCUT2D eigenvalue weighted by molar-refractivity contribution is -0.129. The number of benzene rings is 1. The smallest absolute Gasteiger partial charge is 0.416 e. The Balaban J connectivity index is 2.43. The molecule has 7 nitrogen and oxygen atoms in total. The van der Waals surface area contributed by atoms with Crippen LogP contribution < -0.4 is 0 Å². The average molecular weight is 313 g/mol. The van der Waals surface area contributed by atoms with Crippen LogP contribution >= 0.6 is 0 Å². The summed E-state index contributed by atoms with van der Waals surface area (Å²) in [5.74, 6) is -1.46. The molecule has 1 N–H and O–H groups in total. The molecule has 0 radical (unpaired) electrons. The van der Waals surface area contributed by atoms with Gasteiger partial charge in [-0.25, -0.2) is 9.69 Å². The van der Waals surface area contributed by atoms with E-state index in [4.69, 9.17) is 4.74 Å². The van der Waals surface area contributed by atoms with Gasteiger partial charge in [-0.3, -0.25) is 9.35 Å². The molecule has 1 heterocycles. The third kappa shape index (κ3) is 3.06. The van der Waals surface area contributed by atoms with Gasteiger partial charge in [0.25, 0.3) is 10.1 Å². The Bertz CT molecular complexity index is 697. The van der Waals surface area contributed by atoms with Crippen LogP contribution in [-0.4, -0.2) is 43.0 Å². The molecule has 1 aliphatic rings. The Morgan fingerprint density at radius 1 is 1.43 bits per heavy atom. The average Bonchev–Trinajstić information content (AvgIpc) is 2.81. The molecule has 1 unspecified atom stereocenters. The summed E-state index contributed by atoms with van der Waals surface area (Å²) in [4.78, 5) is 24.3. The molecule has 0 spiro atoms. The fourth-order valence-corrected chi connectivity index (χ4v) is 2.98. The highest BCUT2D eigenvalue weighted by Gasteiger charge is 2.34. The van der Waals surface area contributed by atoms with E-state index in [0.29, 0.717) is 0 Å². The van der Waals surface area contributed by atoms with Gasteiger partial charge in [0.15, 0.2) is 0 Å². The second-order valence-corrected chi connectivity index (χ2v) is 6.23. The van der Waals surface area contributed by atoms with Gasteiger partial charge < -0.3 is 4.74 Å². The number of cyclic esters (lactones) is 1. The number of carbonyl (C=O) groups excluding carboxylic acids is 2. The second kappa shape index (κ2) is 5.45. The van der Waals surface area contributed by atoms with Gasteiger partial charge in [0, 0.05) is 0 Å². The van der Waals surface area contributed by atoms with E-state index < -0.39 is 28.0 Å². The fourth-order valence-electron chi connectivity index (χ4n) is 2.20. The Morgan fingerprint density at radius 3 is 2.62 bits per heavy atom. The Kier molecular flexibility index (Phi) is 4.02. The van der Waals surface area contributed by atoms with Crippen molar-refractivity contribution in [2.75, 3.05) is 13.2 Å². The number of hydrogen-bond donors (Lipinski definition) is 1. The molecular weight excluding hydrogens is 298 g/mol. The topological polar surface area (TPSA) is 101 Å². The number of carbonyl (C=O) groups is 2. The SMILES string of the molecule is Cc1ccc(S(=O)(=O)O)c(C(C)C(=O)N2CCOC2=O)c1. The second-order valence-electron chi connectivity index (χ2n) is 4.84. The highest BCUT2D eigenvalue weighted by Crippen LogP contribution is 2.27. The van der Waals surface area contributed by atoms with Crippen molar-refractivity contribution >= 4 is 22.1 Å². The lowest BCUT2D eigenvalue weighted by Gasteiger charge is -2.19. The summed E-state index contributed by atoms with van der Waals surface area (Å²) < 4.78 is 36.8. The first-order chi connectivity index (χ1) is 9.71. The minimum atomic E-state index is -4.45. The molecular formula is C13H15NO6S. The molecule has 1 aromatic rings. The van der Waals surface area contributed by atoms with Crippen molar-refractivity contribution in [3.05, 3.63) is 29.3 Å². The molecule has 1 aromatic carbocycles. The van der Waals surface area contributed by atoms with Crippen LogP contribution in [0.4, 0.5) is 4.79 Å². The van der Waals surface area contributed by atoms with Gasteiger partial charge in [-0.05, 0) is 25.5 Å². The van der Waals surface area contributed by atoms with Crippen LogP contribution in [0.25, 0.3) is 0 Å². The first kappa shape index (κ1) is 15.5. The van der Waals surface area contributed by atoms with Gasteiger partial charge in [0.2, 0.25) is 5.91 Å². The Labute approximate surface area is 122 Å². The van der Waals surface area contributed by atoms with Crippen LogP contribution in [0.1, 0.15) is 24.0 Å². The summed E-state index contributed by atoms with van der Waals surface area (Å²) in [6.45, 7) is 3.47. The van der Waals surface area contributed by atoms with Crippen molar-refractivity contribution in [3.8, 4) is 0 Å². The zero-order valence-electron chi connectivity index (χ0n) is 11.6. The predicted molar refractivity (Wildman–Crippen MR) is 72.5 cm³/mol. The van der Waals surface area contributed by atoms with E-state index in [1.165, 1.54) is 25.1 Å². The van der Waals surface area contributed by atoms with E-state index in [1.54, 1.807) is 6.92 Å². The molecule has 0 bridgehead atoms. The van der Waals surface area contributed by atoms with Gasteiger partial charge >= 0.3 is 6.09 Å². The fraction of sp³-hybridized carbons (Fsp3) is 0.385. The molecule has 21 heavy (non-hydrogen) atoms. The zero-order valence-corrected chi connectivity index (χ0v) is 12.4. The maximum Gasteiger partial charge on any atom is 0.416 e. The summed E-state index contributed by atoms with van der Waals surface area (Å²) in [5.41, 5.74) is 0.892. The molecule has 2 amide bonds. The van der Waals surface area contributed by atoms with E-state index in [1.807, 2.05) is 0 Å². The van der Waals surface area contributed by atoms with E-state index >= 15 is 0 Å². The Morgan fingerprint density at radius 2 is 2.10 bits per heavy atom. The van der Waals surface area contributed by atoms with Crippen LogP contribution in [0.3, 0.4) is 0 Å². The molecule has 0 saturated carbocycles. The lowest BCUT2D eigenvalue weighted by Crippen LogP contribution is -2.35. The van der Waals surface area contributed by atoms with Gasteiger partial charge in [0.05, 0.1) is 17.4 Å². The summed E-state index contributed by atoms with van der Waals surface area (Å²) in [7, 11) is -4.45. The van der Waals surface area contributed by atoms with Gasteiger partial charge in [-0.1, -0.05) is 17.7 Å². The van der Waals surface area contributed by atoms with Crippen molar-refractivity contribution in [2.45, 2.75) is 24.7 Å². The number of imide groups is 1. The summed E-state index contributed by atoms with van der Waals surface area (Å²) >= 11 is 0. The highest BCUT2D eigenvalue weighted by atomic mass is 32.2. The largest absolute Gasteiger partial charge is 0.447 e. The molecule has 1 saturated heterocycles. The number of amides is 2. The van der Waals surface area contributed by atoms with Crippen LogP contribution in [0.5, 0.6) is 0 Å². The van der Waals surface area contributed by atoms with E-state index in [-0.39, 0.29) is 23.6 Å². The van der Waals surface area contributed by atoms with Crippen molar-refractivity contribution in [1.29, 1.82) is 0 Å². The summed E-state index contributed by atoms with van der Waals surface area (Å²) in [6, 6.07) is 4.27. The number of rotatable bonds is 3. The molecule has 0 aromatic heterocycles. The predicted octanol–water partition coefficient (Wildman–Crippen LogP) is 1.32. The summed E-state index contributed by atoms with van der Waals surface area (Å²) in [6.07, 6.45) is -0.743. The number of aryl methyl sites for hydroxylation is 1. The van der Waals surface area contributed by atoms with E-state index in [0.717, 1.165) is 10.5 Å².